The summed E-state index contributed by atoms with van der Waals surface area (Å²) in [6, 6.07) is 0. The molecule has 0 aromatic heterocycles. The molecule has 29 heavy (non-hydrogen) atoms. The fourth-order valence-corrected chi connectivity index (χ4v) is 2.02. The summed E-state index contributed by atoms with van der Waals surface area (Å²) in [5, 5.41) is 16.7. The van der Waals surface area contributed by atoms with Crippen LogP contribution in [0.1, 0.15) is 57.8 Å². The fraction of sp³-hybridized carbons (Fsp3) is 0.474. The van der Waals surface area contributed by atoms with Crippen molar-refractivity contribution >= 4 is 35.8 Å². The Bertz CT molecular complexity index is 604. The number of carboxylic acids is 2. The highest BCUT2D eigenvalue weighted by Gasteiger charge is 2.10. The summed E-state index contributed by atoms with van der Waals surface area (Å²) in [6.45, 7) is 0. The Hall–Kier alpha value is -3.30. The van der Waals surface area contributed by atoms with E-state index in [2.05, 4.69) is 9.47 Å². The van der Waals surface area contributed by atoms with Gasteiger partial charge >= 0.3 is 35.8 Å². The lowest BCUT2D eigenvalue weighted by Gasteiger charge is -2.03. The molecule has 0 rings (SSSR count). The molecule has 0 aliphatic rings. The molecule has 0 saturated heterocycles. The lowest BCUT2D eigenvalue weighted by Crippen LogP contribution is -2.11. The van der Waals surface area contributed by atoms with E-state index in [1.54, 1.807) is 0 Å². The maximum atomic E-state index is 11.4. The van der Waals surface area contributed by atoms with Gasteiger partial charge in [-0.2, -0.15) is 0 Å². The van der Waals surface area contributed by atoms with Gasteiger partial charge in [0.2, 0.25) is 0 Å². The molecule has 0 aliphatic heterocycles. The average Bonchev–Trinajstić information content (AvgIpc) is 2.60. The maximum absolute atomic E-state index is 11.4. The first-order valence-corrected chi connectivity index (χ1v) is 8.96. The summed E-state index contributed by atoms with van der Waals surface area (Å²) < 4.78 is 9.03. The van der Waals surface area contributed by atoms with E-state index in [9.17, 15) is 28.8 Å². The van der Waals surface area contributed by atoms with Crippen molar-refractivity contribution < 1.29 is 48.5 Å². The van der Waals surface area contributed by atoms with E-state index in [0.717, 1.165) is 30.7 Å². The van der Waals surface area contributed by atoms with Crippen molar-refractivity contribution in [1.29, 1.82) is 0 Å². The zero-order valence-corrected chi connectivity index (χ0v) is 15.8. The Kier molecular flexibility index (Phi) is 13.9. The second-order valence-electron chi connectivity index (χ2n) is 5.85. The minimum absolute atomic E-state index is 0.0504. The van der Waals surface area contributed by atoms with E-state index in [1.165, 1.54) is 0 Å². The van der Waals surface area contributed by atoms with Crippen LogP contribution < -0.4 is 0 Å². The zero-order chi connectivity index (χ0) is 22.1. The highest BCUT2D eigenvalue weighted by molar-refractivity contribution is 5.88. The van der Waals surface area contributed by atoms with Crippen molar-refractivity contribution in [2.45, 2.75) is 57.8 Å². The highest BCUT2D eigenvalue weighted by atomic mass is 16.6. The first-order chi connectivity index (χ1) is 13.7. The van der Waals surface area contributed by atoms with E-state index in [0.29, 0.717) is 25.7 Å². The second-order valence-corrected chi connectivity index (χ2v) is 5.85. The number of esters is 4. The van der Waals surface area contributed by atoms with Gasteiger partial charge in [-0.15, -0.1) is 0 Å². The first-order valence-electron chi connectivity index (χ1n) is 8.96. The Morgan fingerprint density at radius 3 is 1.24 bits per heavy atom. The molecule has 10 heteroatoms. The average molecular weight is 412 g/mol. The van der Waals surface area contributed by atoms with Crippen LogP contribution >= 0.6 is 0 Å². The lowest BCUT2D eigenvalue weighted by atomic mass is 10.1. The topological polar surface area (TPSA) is 161 Å². The third-order valence-electron chi connectivity index (χ3n) is 3.31. The van der Waals surface area contributed by atoms with Gasteiger partial charge in [0.05, 0.1) is 12.8 Å². The minimum Gasteiger partial charge on any atom is -0.478 e. The van der Waals surface area contributed by atoms with Gasteiger partial charge in [0.15, 0.2) is 0 Å². The number of hydrogen-bond donors (Lipinski definition) is 2. The monoisotopic (exact) mass is 412 g/mol. The van der Waals surface area contributed by atoms with Gasteiger partial charge in [0.1, 0.15) is 0 Å². The maximum Gasteiger partial charge on any atom is 0.327 e. The van der Waals surface area contributed by atoms with Gasteiger partial charge in [0, 0.05) is 25.0 Å². The van der Waals surface area contributed by atoms with Crippen LogP contribution in [-0.4, -0.2) is 46.0 Å². The molecular formula is C19H24O10. The molecule has 2 N–H and O–H groups in total. The van der Waals surface area contributed by atoms with Gasteiger partial charge in [0.25, 0.3) is 0 Å². The van der Waals surface area contributed by atoms with Crippen LogP contribution in [0.3, 0.4) is 0 Å². The van der Waals surface area contributed by atoms with Gasteiger partial charge in [-0.3, -0.25) is 19.2 Å². The standard InChI is InChI=1S/C19H24O10/c20-14(21)8-6-12-18(26)28-16(24)10-4-2-1-3-5-11-17(25)29-19(27)13-7-9-15(22)23/h6-9H,1-5,10-13H2,(H,20,21)(H,22,23)/b8-6+,9-7+. The number of hydrogen-bond acceptors (Lipinski definition) is 8. The molecule has 0 saturated carbocycles. The zero-order valence-electron chi connectivity index (χ0n) is 15.8. The molecule has 0 aromatic rings. The molecule has 0 heterocycles. The summed E-state index contributed by atoms with van der Waals surface area (Å²) in [6.07, 6.45) is 6.32. The molecular weight excluding hydrogens is 388 g/mol. The lowest BCUT2D eigenvalue weighted by molar-refractivity contribution is -0.160. The number of carbonyl (C=O) groups excluding carboxylic acids is 4. The summed E-state index contributed by atoms with van der Waals surface area (Å²) in [5.41, 5.74) is 0. The van der Waals surface area contributed by atoms with Gasteiger partial charge in [-0.25, -0.2) is 9.59 Å². The number of ether oxygens (including phenoxy) is 2. The number of aliphatic carboxylic acids is 2. The molecule has 10 nitrogen and oxygen atoms in total. The smallest absolute Gasteiger partial charge is 0.327 e. The Balaban J connectivity index is 3.69. The molecule has 0 aromatic carbocycles. The number of unbranched alkanes of at least 4 members (excludes halogenated alkanes) is 4. The van der Waals surface area contributed by atoms with E-state index in [1.807, 2.05) is 0 Å². The Morgan fingerprint density at radius 2 is 0.897 bits per heavy atom. The van der Waals surface area contributed by atoms with Crippen molar-refractivity contribution in [2.75, 3.05) is 0 Å². The number of carboxylic acid groups (broad SMARTS) is 2. The van der Waals surface area contributed by atoms with Crippen LogP contribution in [0, 0.1) is 0 Å². The van der Waals surface area contributed by atoms with Gasteiger partial charge < -0.3 is 19.7 Å². The van der Waals surface area contributed by atoms with Crippen LogP contribution in [0.15, 0.2) is 24.3 Å². The summed E-state index contributed by atoms with van der Waals surface area (Å²) in [4.78, 5) is 65.8. The van der Waals surface area contributed by atoms with E-state index >= 15 is 0 Å². The van der Waals surface area contributed by atoms with Crippen molar-refractivity contribution in [2.24, 2.45) is 0 Å². The van der Waals surface area contributed by atoms with Crippen LogP contribution in [0.25, 0.3) is 0 Å². The van der Waals surface area contributed by atoms with Crippen LogP contribution in [0.2, 0.25) is 0 Å². The van der Waals surface area contributed by atoms with Gasteiger partial charge in [-0.05, 0) is 12.8 Å². The third-order valence-corrected chi connectivity index (χ3v) is 3.31. The van der Waals surface area contributed by atoms with Crippen molar-refractivity contribution in [3.8, 4) is 0 Å². The second kappa shape index (κ2) is 15.7. The summed E-state index contributed by atoms with van der Waals surface area (Å²) >= 11 is 0. The molecule has 0 aliphatic carbocycles. The first kappa shape index (κ1) is 25.7. The summed E-state index contributed by atoms with van der Waals surface area (Å²) in [7, 11) is 0. The number of carbonyl (C=O) groups is 6. The predicted octanol–water partition coefficient (Wildman–Crippen LogP) is 1.92. The fourth-order valence-electron chi connectivity index (χ4n) is 2.02. The molecule has 0 atom stereocenters. The normalized spacial score (nSPS) is 10.8. The van der Waals surface area contributed by atoms with Crippen LogP contribution in [0.4, 0.5) is 0 Å². The van der Waals surface area contributed by atoms with Gasteiger partial charge in [-0.1, -0.05) is 31.4 Å². The molecule has 0 bridgehead atoms. The summed E-state index contributed by atoms with van der Waals surface area (Å²) in [5.74, 6) is -5.40. The van der Waals surface area contributed by atoms with E-state index < -0.39 is 35.8 Å². The van der Waals surface area contributed by atoms with Crippen LogP contribution in [-0.2, 0) is 38.2 Å². The van der Waals surface area contributed by atoms with E-state index in [-0.39, 0.29) is 25.7 Å². The third kappa shape index (κ3) is 17.9. The molecule has 0 amide bonds. The molecule has 0 spiro atoms. The predicted molar refractivity (Wildman–Crippen MR) is 97.3 cm³/mol. The Morgan fingerprint density at radius 1 is 0.552 bits per heavy atom. The number of rotatable bonds is 14. The molecule has 0 unspecified atom stereocenters. The van der Waals surface area contributed by atoms with E-state index in [4.69, 9.17) is 10.2 Å². The Labute approximate surface area is 167 Å². The minimum atomic E-state index is -1.20. The largest absolute Gasteiger partial charge is 0.478 e. The SMILES string of the molecule is O=C(O)/C=C/CC(=O)OC(=O)CCCCCCCC(=O)OC(=O)C/C=C/C(=O)O. The molecule has 0 radical (unpaired) electrons. The van der Waals surface area contributed by atoms with Crippen LogP contribution in [0.5, 0.6) is 0 Å². The highest BCUT2D eigenvalue weighted by Crippen LogP contribution is 2.09. The van der Waals surface area contributed by atoms with Crippen molar-refractivity contribution in [3.05, 3.63) is 24.3 Å². The van der Waals surface area contributed by atoms with Crippen molar-refractivity contribution in [1.82, 2.24) is 0 Å². The molecule has 0 fully saturated rings. The quantitative estimate of drug-likeness (QED) is 0.186. The van der Waals surface area contributed by atoms with Crippen molar-refractivity contribution in [3.63, 3.8) is 0 Å². The molecule has 160 valence electrons.